The number of nitrogens with zero attached hydrogens (tertiary/aromatic N) is 1. The molecule has 0 bridgehead atoms. The molecule has 3 rings (SSSR count). The van der Waals surface area contributed by atoms with Gasteiger partial charge in [-0.1, -0.05) is 55.5 Å². The van der Waals surface area contributed by atoms with Gasteiger partial charge < -0.3 is 4.98 Å². The predicted molar refractivity (Wildman–Crippen MR) is 92.0 cm³/mol. The number of para-hydroxylation sites is 1. The van der Waals surface area contributed by atoms with Crippen molar-refractivity contribution in [1.29, 1.82) is 5.26 Å². The second-order valence-corrected chi connectivity index (χ2v) is 5.31. The van der Waals surface area contributed by atoms with E-state index in [4.69, 9.17) is 0 Å². The molecule has 0 atom stereocenters. The average Bonchev–Trinajstić information content (AvgIpc) is 3.04. The van der Waals surface area contributed by atoms with Crippen molar-refractivity contribution in [1.82, 2.24) is 4.98 Å². The highest BCUT2D eigenvalue weighted by Gasteiger charge is 2.17. The number of carbonyl (C=O) groups excluding carboxylic acids is 1. The minimum absolute atomic E-state index is 0.138. The SMILES string of the molecule is CCc1cccc2c(C(=O)/C(C#N)=C/c3ccccc3)c[nH]c12. The molecule has 0 fully saturated rings. The Morgan fingerprint density at radius 1 is 1.17 bits per heavy atom. The van der Waals surface area contributed by atoms with Crippen LogP contribution in [0.25, 0.3) is 17.0 Å². The van der Waals surface area contributed by atoms with Gasteiger partial charge in [0.05, 0.1) is 0 Å². The number of aromatic amines is 1. The third-order valence-corrected chi connectivity index (χ3v) is 3.90. The molecule has 3 nitrogen and oxygen atoms in total. The number of rotatable bonds is 4. The van der Waals surface area contributed by atoms with Gasteiger partial charge in [0.1, 0.15) is 11.6 Å². The van der Waals surface area contributed by atoms with Crippen molar-refractivity contribution < 1.29 is 4.79 Å². The summed E-state index contributed by atoms with van der Waals surface area (Å²) in [6, 6.07) is 17.3. The van der Waals surface area contributed by atoms with Crippen LogP contribution in [-0.4, -0.2) is 10.8 Å². The molecule has 0 amide bonds. The fourth-order valence-corrected chi connectivity index (χ4v) is 2.71. The number of nitrogens with one attached hydrogen (secondary N) is 1. The van der Waals surface area contributed by atoms with E-state index in [-0.39, 0.29) is 11.4 Å². The highest BCUT2D eigenvalue weighted by molar-refractivity contribution is 6.20. The molecular weight excluding hydrogens is 284 g/mol. The fourth-order valence-electron chi connectivity index (χ4n) is 2.71. The molecule has 112 valence electrons. The van der Waals surface area contributed by atoms with Crippen molar-refractivity contribution in [3.8, 4) is 6.07 Å². The fraction of sp³-hybridized carbons (Fsp3) is 0.100. The first kappa shape index (κ1) is 14.8. The molecule has 1 heterocycles. The summed E-state index contributed by atoms with van der Waals surface area (Å²) in [5.41, 5.74) is 3.65. The maximum absolute atomic E-state index is 12.7. The maximum Gasteiger partial charge on any atom is 0.205 e. The lowest BCUT2D eigenvalue weighted by Crippen LogP contribution is -2.01. The van der Waals surface area contributed by atoms with Crippen molar-refractivity contribution in [2.24, 2.45) is 0 Å². The Balaban J connectivity index is 2.06. The molecule has 3 aromatic rings. The van der Waals surface area contributed by atoms with E-state index in [0.717, 1.165) is 28.5 Å². The van der Waals surface area contributed by atoms with E-state index in [0.29, 0.717) is 5.56 Å². The van der Waals surface area contributed by atoms with Gasteiger partial charge in [-0.2, -0.15) is 5.26 Å². The lowest BCUT2D eigenvalue weighted by molar-refractivity contribution is 0.104. The summed E-state index contributed by atoms with van der Waals surface area (Å²) in [5, 5.41) is 10.2. The molecule has 0 radical (unpaired) electrons. The van der Waals surface area contributed by atoms with Crippen LogP contribution in [0.2, 0.25) is 0 Å². The second-order valence-electron chi connectivity index (χ2n) is 5.31. The molecule has 0 aliphatic rings. The predicted octanol–water partition coefficient (Wildman–Crippen LogP) is 4.52. The molecule has 2 aromatic carbocycles. The Labute approximate surface area is 134 Å². The van der Waals surface area contributed by atoms with Gasteiger partial charge in [0.2, 0.25) is 5.78 Å². The number of carbonyl (C=O) groups is 1. The zero-order chi connectivity index (χ0) is 16.2. The normalized spacial score (nSPS) is 11.4. The minimum atomic E-state index is -0.254. The number of allylic oxidation sites excluding steroid dienone is 1. The van der Waals surface area contributed by atoms with Crippen LogP contribution in [0, 0.1) is 11.3 Å². The molecule has 0 unspecified atom stereocenters. The minimum Gasteiger partial charge on any atom is -0.360 e. The van der Waals surface area contributed by atoms with Gasteiger partial charge >= 0.3 is 0 Å². The Morgan fingerprint density at radius 3 is 2.65 bits per heavy atom. The molecule has 23 heavy (non-hydrogen) atoms. The smallest absolute Gasteiger partial charge is 0.205 e. The Hall–Kier alpha value is -3.12. The van der Waals surface area contributed by atoms with E-state index in [9.17, 15) is 10.1 Å². The standard InChI is InChI=1S/C20H16N2O/c1-2-15-9-6-10-17-18(13-22-19(15)17)20(23)16(12-21)11-14-7-4-3-5-8-14/h3-11,13,22H,2H2,1H3/b16-11+. The van der Waals surface area contributed by atoms with Crippen molar-refractivity contribution in [2.75, 3.05) is 0 Å². The highest BCUT2D eigenvalue weighted by Crippen LogP contribution is 2.24. The van der Waals surface area contributed by atoms with Crippen LogP contribution in [0.15, 0.2) is 60.3 Å². The molecule has 0 saturated carbocycles. The summed E-state index contributed by atoms with van der Waals surface area (Å²) in [7, 11) is 0. The van der Waals surface area contributed by atoms with Crippen LogP contribution in [0.3, 0.4) is 0 Å². The average molecular weight is 300 g/mol. The third-order valence-electron chi connectivity index (χ3n) is 3.90. The van der Waals surface area contributed by atoms with Crippen molar-refractivity contribution >= 4 is 22.8 Å². The van der Waals surface area contributed by atoms with Crippen LogP contribution in [0.4, 0.5) is 0 Å². The number of benzene rings is 2. The van der Waals surface area contributed by atoms with E-state index in [1.807, 2.05) is 54.6 Å². The van der Waals surface area contributed by atoms with Crippen LogP contribution in [-0.2, 0) is 6.42 Å². The molecule has 3 heteroatoms. The zero-order valence-electron chi connectivity index (χ0n) is 12.8. The maximum atomic E-state index is 12.7. The monoisotopic (exact) mass is 300 g/mol. The van der Waals surface area contributed by atoms with Gasteiger partial charge in [-0.15, -0.1) is 0 Å². The summed E-state index contributed by atoms with van der Waals surface area (Å²) in [5.74, 6) is -0.254. The molecule has 0 aliphatic carbocycles. The lowest BCUT2D eigenvalue weighted by atomic mass is 10.00. The number of aryl methyl sites for hydroxylation is 1. The zero-order valence-corrected chi connectivity index (χ0v) is 12.8. The van der Waals surface area contributed by atoms with Gasteiger partial charge in [0, 0.05) is 22.7 Å². The van der Waals surface area contributed by atoms with E-state index in [1.54, 1.807) is 12.3 Å². The molecular formula is C20H16N2O. The Kier molecular flexibility index (Phi) is 4.07. The number of aromatic nitrogens is 1. The van der Waals surface area contributed by atoms with Crippen molar-refractivity contribution in [3.05, 3.63) is 77.0 Å². The van der Waals surface area contributed by atoms with Crippen LogP contribution >= 0.6 is 0 Å². The molecule has 1 aromatic heterocycles. The van der Waals surface area contributed by atoms with Gasteiger partial charge in [0.25, 0.3) is 0 Å². The van der Waals surface area contributed by atoms with Crippen molar-refractivity contribution in [3.63, 3.8) is 0 Å². The van der Waals surface area contributed by atoms with Gasteiger partial charge in [-0.3, -0.25) is 4.79 Å². The van der Waals surface area contributed by atoms with Crippen LogP contribution in [0.1, 0.15) is 28.4 Å². The molecule has 1 N–H and O–H groups in total. The van der Waals surface area contributed by atoms with Gasteiger partial charge in [0.15, 0.2) is 0 Å². The first-order chi connectivity index (χ1) is 11.2. The number of nitriles is 1. The number of fused-ring (bicyclic) bond motifs is 1. The first-order valence-electron chi connectivity index (χ1n) is 7.55. The number of H-pyrrole nitrogens is 1. The highest BCUT2D eigenvalue weighted by atomic mass is 16.1. The van der Waals surface area contributed by atoms with Gasteiger partial charge in [-0.25, -0.2) is 0 Å². The van der Waals surface area contributed by atoms with E-state index < -0.39 is 0 Å². The summed E-state index contributed by atoms with van der Waals surface area (Å²) in [6.07, 6.45) is 4.21. The van der Waals surface area contributed by atoms with Gasteiger partial charge in [-0.05, 0) is 23.6 Å². The van der Waals surface area contributed by atoms with E-state index in [2.05, 4.69) is 11.9 Å². The van der Waals surface area contributed by atoms with E-state index in [1.165, 1.54) is 0 Å². The quantitative estimate of drug-likeness (QED) is 0.437. The number of hydrogen-bond donors (Lipinski definition) is 1. The summed E-state index contributed by atoms with van der Waals surface area (Å²) in [4.78, 5) is 15.9. The van der Waals surface area contributed by atoms with E-state index >= 15 is 0 Å². The van der Waals surface area contributed by atoms with Crippen LogP contribution < -0.4 is 0 Å². The Bertz CT molecular complexity index is 927. The molecule has 0 spiro atoms. The Morgan fingerprint density at radius 2 is 1.96 bits per heavy atom. The summed E-state index contributed by atoms with van der Waals surface area (Å²) < 4.78 is 0. The topological polar surface area (TPSA) is 56.6 Å². The summed E-state index contributed by atoms with van der Waals surface area (Å²) in [6.45, 7) is 2.08. The second kappa shape index (κ2) is 6.33. The first-order valence-corrected chi connectivity index (χ1v) is 7.55. The number of hydrogen-bond acceptors (Lipinski definition) is 2. The molecule has 0 saturated heterocycles. The lowest BCUT2D eigenvalue weighted by Gasteiger charge is -2.01. The van der Waals surface area contributed by atoms with Crippen LogP contribution in [0.5, 0.6) is 0 Å². The molecule has 0 aliphatic heterocycles. The number of Topliss-reactive ketones (excluding diaryl/α,β-unsaturated/α-hetero) is 1. The largest absolute Gasteiger partial charge is 0.360 e. The third kappa shape index (κ3) is 2.79. The summed E-state index contributed by atoms with van der Waals surface area (Å²) >= 11 is 0. The van der Waals surface area contributed by atoms with Crippen molar-refractivity contribution in [2.45, 2.75) is 13.3 Å². The number of ketones is 1.